The summed E-state index contributed by atoms with van der Waals surface area (Å²) in [6.45, 7) is 0.924. The Morgan fingerprint density at radius 3 is 2.59 bits per heavy atom. The van der Waals surface area contributed by atoms with Gasteiger partial charge in [0.05, 0.1) is 0 Å². The van der Waals surface area contributed by atoms with Crippen LogP contribution in [0.15, 0.2) is 35.3 Å². The molecule has 5 nitrogen and oxygen atoms in total. The van der Waals surface area contributed by atoms with Crippen LogP contribution in [0.5, 0.6) is 0 Å². The zero-order valence-corrected chi connectivity index (χ0v) is 9.84. The first kappa shape index (κ1) is 10.7. The van der Waals surface area contributed by atoms with Crippen molar-refractivity contribution >= 4 is 13.8 Å². The fourth-order valence-corrected chi connectivity index (χ4v) is 3.75. The van der Waals surface area contributed by atoms with E-state index in [0.29, 0.717) is 19.1 Å². The molecule has 17 heavy (non-hydrogen) atoms. The van der Waals surface area contributed by atoms with Crippen molar-refractivity contribution in [1.29, 1.82) is 5.26 Å². The van der Waals surface area contributed by atoms with E-state index in [2.05, 4.69) is 11.1 Å². The third kappa shape index (κ3) is 1.71. The van der Waals surface area contributed by atoms with E-state index in [0.717, 1.165) is 5.56 Å². The van der Waals surface area contributed by atoms with E-state index in [4.69, 9.17) is 18.8 Å². The fourth-order valence-electron chi connectivity index (χ4n) is 1.74. The average Bonchev–Trinajstić information content (AvgIpc) is 2.99. The van der Waals surface area contributed by atoms with Gasteiger partial charge in [0.25, 0.3) is 5.90 Å². The maximum absolute atomic E-state index is 9.09. The van der Waals surface area contributed by atoms with Crippen molar-refractivity contribution in [3.05, 3.63) is 35.9 Å². The van der Waals surface area contributed by atoms with Crippen LogP contribution in [-0.2, 0) is 13.6 Å². The first-order chi connectivity index (χ1) is 8.34. The van der Waals surface area contributed by atoms with Crippen molar-refractivity contribution in [3.8, 4) is 6.07 Å². The topological polar surface area (TPSA) is 63.8 Å². The first-order valence-corrected chi connectivity index (χ1v) is 6.85. The monoisotopic (exact) mass is 249 g/mol. The minimum atomic E-state index is -2.59. The lowest BCUT2D eigenvalue weighted by molar-refractivity contribution is 0.322. The maximum atomic E-state index is 9.09. The van der Waals surface area contributed by atoms with Crippen molar-refractivity contribution in [2.75, 3.05) is 13.2 Å². The molecule has 1 aromatic rings. The van der Waals surface area contributed by atoms with Crippen molar-refractivity contribution in [3.63, 3.8) is 0 Å². The molecule has 0 radical (unpaired) electrons. The summed E-state index contributed by atoms with van der Waals surface area (Å²) in [5, 5.41) is 9.09. The zero-order valence-electron chi connectivity index (χ0n) is 8.94. The Morgan fingerprint density at radius 1 is 1.24 bits per heavy atom. The van der Waals surface area contributed by atoms with Gasteiger partial charge in [0.15, 0.2) is 0 Å². The number of benzene rings is 1. The van der Waals surface area contributed by atoms with Crippen LogP contribution in [0.1, 0.15) is 5.56 Å². The van der Waals surface area contributed by atoms with E-state index >= 15 is 0 Å². The highest BCUT2D eigenvalue weighted by Crippen LogP contribution is 2.71. The minimum absolute atomic E-state index is 0.437. The minimum Gasteiger partial charge on any atom is -0.263 e. The molecule has 3 rings (SSSR count). The van der Waals surface area contributed by atoms with Gasteiger partial charge in [0, 0.05) is 5.56 Å². The average molecular weight is 249 g/mol. The van der Waals surface area contributed by atoms with Gasteiger partial charge < -0.3 is 0 Å². The first-order valence-electron chi connectivity index (χ1n) is 5.24. The lowest BCUT2D eigenvalue weighted by atomic mass is 10.2. The molecule has 1 saturated heterocycles. The summed E-state index contributed by atoms with van der Waals surface area (Å²) < 4.78 is 16.7. The summed E-state index contributed by atoms with van der Waals surface area (Å²) in [6.07, 6.45) is 0. The Hall–Kier alpha value is -1.47. The number of nitriles is 1. The quantitative estimate of drug-likeness (QED) is 0.715. The van der Waals surface area contributed by atoms with E-state index in [-0.39, 0.29) is 0 Å². The van der Waals surface area contributed by atoms with E-state index in [1.54, 1.807) is 0 Å². The highest BCUT2D eigenvalue weighted by atomic mass is 31.2. The molecule has 0 bridgehead atoms. The van der Waals surface area contributed by atoms with Crippen molar-refractivity contribution in [2.24, 2.45) is 4.99 Å². The number of hydrogen-bond donors (Lipinski definition) is 0. The van der Waals surface area contributed by atoms with Crippen LogP contribution >= 0.6 is 7.94 Å². The number of hydrogen-bond acceptors (Lipinski definition) is 5. The zero-order chi connectivity index (χ0) is 11.7. The maximum Gasteiger partial charge on any atom is 0.500 e. The highest BCUT2D eigenvalue weighted by molar-refractivity contribution is 7.63. The Balaban J connectivity index is 1.93. The van der Waals surface area contributed by atoms with Crippen molar-refractivity contribution in [2.45, 2.75) is 5.78 Å². The molecule has 0 amide bonds. The molecule has 0 aliphatic carbocycles. The van der Waals surface area contributed by atoms with Crippen LogP contribution in [0, 0.1) is 11.3 Å². The molecule has 0 aromatic heterocycles. The largest absolute Gasteiger partial charge is 0.500 e. The second-order valence-electron chi connectivity index (χ2n) is 3.60. The lowest BCUT2D eigenvalue weighted by Crippen LogP contribution is -2.06. The molecule has 2 aliphatic heterocycles. The van der Waals surface area contributed by atoms with Crippen LogP contribution in [0.4, 0.5) is 0 Å². The molecule has 6 heteroatoms. The summed E-state index contributed by atoms with van der Waals surface area (Å²) in [4.78, 5) is 4.24. The third-order valence-electron chi connectivity index (χ3n) is 2.51. The molecule has 1 fully saturated rings. The molecule has 2 heterocycles. The Kier molecular flexibility index (Phi) is 2.56. The molecule has 1 aromatic carbocycles. The molecule has 1 atom stereocenters. The molecule has 1 unspecified atom stereocenters. The van der Waals surface area contributed by atoms with Gasteiger partial charge in [-0.3, -0.25) is 4.52 Å². The second-order valence-corrected chi connectivity index (χ2v) is 5.87. The predicted molar refractivity (Wildman–Crippen MR) is 62.3 cm³/mol. The summed E-state index contributed by atoms with van der Waals surface area (Å²) >= 11 is 0. The van der Waals surface area contributed by atoms with Gasteiger partial charge >= 0.3 is 13.7 Å². The van der Waals surface area contributed by atoms with E-state index in [1.807, 2.05) is 30.3 Å². The smallest absolute Gasteiger partial charge is 0.263 e. The van der Waals surface area contributed by atoms with Gasteiger partial charge in [-0.15, -0.1) is 0 Å². The second kappa shape index (κ2) is 4.08. The van der Waals surface area contributed by atoms with E-state index in [9.17, 15) is 0 Å². The van der Waals surface area contributed by atoms with Gasteiger partial charge in [0.1, 0.15) is 19.3 Å². The molecule has 1 spiro atoms. The van der Waals surface area contributed by atoms with Crippen LogP contribution in [-0.4, -0.2) is 24.9 Å². The molecular weight excluding hydrogens is 239 g/mol. The Bertz CT molecular complexity index is 491. The summed E-state index contributed by atoms with van der Waals surface area (Å²) in [7, 11) is -2.59. The van der Waals surface area contributed by atoms with Crippen LogP contribution < -0.4 is 0 Å². The van der Waals surface area contributed by atoms with Crippen LogP contribution in [0.25, 0.3) is 0 Å². The van der Waals surface area contributed by atoms with E-state index in [1.165, 1.54) is 0 Å². The van der Waals surface area contributed by atoms with Gasteiger partial charge in [-0.1, -0.05) is 18.2 Å². The number of rotatable bonds is 1. The van der Waals surface area contributed by atoms with Gasteiger partial charge in [-0.2, -0.15) is 19.3 Å². The van der Waals surface area contributed by atoms with Gasteiger partial charge in [-0.25, -0.2) is 0 Å². The van der Waals surface area contributed by atoms with Crippen LogP contribution in [0.2, 0.25) is 0 Å². The van der Waals surface area contributed by atoms with Gasteiger partial charge in [0.2, 0.25) is 0 Å². The summed E-state index contributed by atoms with van der Waals surface area (Å²) in [6, 6.07) is 11.5. The molecular formula is C11H10N2O3P+. The van der Waals surface area contributed by atoms with Crippen LogP contribution in [0.3, 0.4) is 0 Å². The Labute approximate surface area is 99.2 Å². The van der Waals surface area contributed by atoms with Crippen molar-refractivity contribution < 1.29 is 13.6 Å². The Morgan fingerprint density at radius 2 is 1.94 bits per heavy atom. The standard InChI is InChI=1S/C11H10N2O3P/c12-8-10-13-11(9-4-2-1-3-5-9)16-17(10)14-6-7-15-17/h1-5,10H,6-7H2/q+1. The molecule has 0 N–H and O–H groups in total. The summed E-state index contributed by atoms with van der Waals surface area (Å²) in [5.74, 6) is -0.229. The lowest BCUT2D eigenvalue weighted by Gasteiger charge is -2.10. The molecule has 2 aliphatic rings. The van der Waals surface area contributed by atoms with Gasteiger partial charge in [-0.05, 0) is 12.1 Å². The predicted octanol–water partition coefficient (Wildman–Crippen LogP) is 2.12. The molecule has 86 valence electrons. The van der Waals surface area contributed by atoms with Crippen molar-refractivity contribution in [1.82, 2.24) is 0 Å². The molecule has 0 saturated carbocycles. The summed E-state index contributed by atoms with van der Waals surface area (Å²) in [5.41, 5.74) is 0.837. The normalized spacial score (nSPS) is 25.4. The number of aliphatic imine (C=N–C) groups is 1. The third-order valence-corrected chi connectivity index (χ3v) is 4.86. The highest BCUT2D eigenvalue weighted by Gasteiger charge is 2.64. The SMILES string of the molecule is N#CC1N=C(c2ccccc2)O[P+]12OCCO2. The fraction of sp³-hybridized carbons (Fsp3) is 0.273. The van der Waals surface area contributed by atoms with E-state index < -0.39 is 13.7 Å². The number of nitrogens with zero attached hydrogens (tertiary/aromatic N) is 2.